The number of thiazole rings is 1. The Hall–Kier alpha value is -2.20. The Labute approximate surface area is 193 Å². The first-order valence-electron chi connectivity index (χ1n) is 11.7. The number of hydroxylamine groups is 2. The molecule has 3 rings (SSSR count). The Morgan fingerprint density at radius 3 is 2.66 bits per heavy atom. The largest absolute Gasteiger partial charge is 0.345 e. The van der Waals surface area contributed by atoms with Crippen molar-refractivity contribution in [1.82, 2.24) is 19.8 Å². The molecule has 2 saturated heterocycles. The topological polar surface area (TPSA) is 97.3 Å². The standard InChI is InChI=1S/C22H35N5O4S/c1-3-5-7-17(14-26(31)16-28)20(29)27-9-6-8-19(27)21(30)24-10-12-25(13-11-24)22-23-18(4-2)15-32-22/h15-17,19,31H,3-14H2,1-2H3/t17-,19+/m1/s1. The maximum atomic E-state index is 13.3. The quantitative estimate of drug-likeness (QED) is 0.322. The van der Waals surface area contributed by atoms with E-state index in [-0.39, 0.29) is 18.4 Å². The third-order valence-corrected chi connectivity index (χ3v) is 7.32. The van der Waals surface area contributed by atoms with Crippen LogP contribution in [0.3, 0.4) is 0 Å². The highest BCUT2D eigenvalue weighted by molar-refractivity contribution is 7.13. The molecule has 1 N–H and O–H groups in total. The lowest BCUT2D eigenvalue weighted by Gasteiger charge is -2.37. The highest BCUT2D eigenvalue weighted by atomic mass is 32.1. The van der Waals surface area contributed by atoms with Crippen LogP contribution in [0.1, 0.15) is 51.6 Å². The molecule has 10 heteroatoms. The summed E-state index contributed by atoms with van der Waals surface area (Å²) >= 11 is 1.65. The number of hydrogen-bond acceptors (Lipinski definition) is 7. The van der Waals surface area contributed by atoms with Crippen LogP contribution in [0.5, 0.6) is 0 Å². The van der Waals surface area contributed by atoms with Crippen LogP contribution in [-0.4, -0.2) is 88.6 Å². The lowest BCUT2D eigenvalue weighted by atomic mass is 9.99. The fourth-order valence-electron chi connectivity index (χ4n) is 4.47. The summed E-state index contributed by atoms with van der Waals surface area (Å²) in [6.45, 7) is 7.35. The van der Waals surface area contributed by atoms with Crippen molar-refractivity contribution in [2.24, 2.45) is 5.92 Å². The Bertz CT molecular complexity index is 780. The second-order valence-corrected chi connectivity index (χ2v) is 9.38. The third kappa shape index (κ3) is 5.78. The normalized spacial score (nSPS) is 19.8. The minimum absolute atomic E-state index is 0.00868. The second kappa shape index (κ2) is 11.6. The van der Waals surface area contributed by atoms with E-state index in [2.05, 4.69) is 22.2 Å². The van der Waals surface area contributed by atoms with Crippen LogP contribution in [0.4, 0.5) is 5.13 Å². The van der Waals surface area contributed by atoms with Crippen molar-refractivity contribution in [3.05, 3.63) is 11.1 Å². The number of aryl methyl sites for hydroxylation is 1. The van der Waals surface area contributed by atoms with Gasteiger partial charge in [0.05, 0.1) is 18.2 Å². The van der Waals surface area contributed by atoms with Gasteiger partial charge in [0, 0.05) is 38.1 Å². The molecular formula is C22H35N5O4S. The maximum absolute atomic E-state index is 13.3. The van der Waals surface area contributed by atoms with Gasteiger partial charge in [-0.25, -0.2) is 10.0 Å². The molecule has 0 bridgehead atoms. The van der Waals surface area contributed by atoms with Gasteiger partial charge in [0.1, 0.15) is 6.04 Å². The number of rotatable bonds is 10. The molecule has 0 aliphatic carbocycles. The van der Waals surface area contributed by atoms with Gasteiger partial charge in [0.25, 0.3) is 0 Å². The zero-order valence-electron chi connectivity index (χ0n) is 19.1. The van der Waals surface area contributed by atoms with Crippen molar-refractivity contribution >= 4 is 34.7 Å². The van der Waals surface area contributed by atoms with Gasteiger partial charge < -0.3 is 14.7 Å². The molecule has 0 unspecified atom stereocenters. The SMILES string of the molecule is CCCC[C@H](CN(O)C=O)C(=O)N1CCC[C@H]1C(=O)N1CCN(c2nc(CC)cs2)CC1. The first-order valence-corrected chi connectivity index (χ1v) is 12.6. The molecule has 0 radical (unpaired) electrons. The Balaban J connectivity index is 1.60. The average molecular weight is 466 g/mol. The maximum Gasteiger partial charge on any atom is 0.245 e. The van der Waals surface area contributed by atoms with E-state index in [0.717, 1.165) is 49.6 Å². The molecule has 1 aromatic heterocycles. The first-order chi connectivity index (χ1) is 15.5. The summed E-state index contributed by atoms with van der Waals surface area (Å²) in [5.41, 5.74) is 1.09. The smallest absolute Gasteiger partial charge is 0.245 e. The van der Waals surface area contributed by atoms with E-state index in [1.54, 1.807) is 16.2 Å². The summed E-state index contributed by atoms with van der Waals surface area (Å²) in [5, 5.41) is 13.3. The predicted molar refractivity (Wildman–Crippen MR) is 123 cm³/mol. The van der Waals surface area contributed by atoms with E-state index in [1.807, 2.05) is 11.8 Å². The summed E-state index contributed by atoms with van der Waals surface area (Å²) < 4.78 is 0. The van der Waals surface area contributed by atoms with Gasteiger partial charge in [-0.05, 0) is 25.7 Å². The molecule has 3 amide bonds. The van der Waals surface area contributed by atoms with Crippen LogP contribution in [0.2, 0.25) is 0 Å². The molecule has 0 saturated carbocycles. The van der Waals surface area contributed by atoms with Crippen molar-refractivity contribution in [3.63, 3.8) is 0 Å². The van der Waals surface area contributed by atoms with Crippen molar-refractivity contribution in [3.8, 4) is 0 Å². The Kier molecular flexibility index (Phi) is 8.86. The van der Waals surface area contributed by atoms with Crippen molar-refractivity contribution in [2.45, 2.75) is 58.4 Å². The molecule has 3 heterocycles. The fraction of sp³-hybridized carbons (Fsp3) is 0.727. The van der Waals surface area contributed by atoms with Gasteiger partial charge in [-0.2, -0.15) is 0 Å². The minimum Gasteiger partial charge on any atom is -0.345 e. The number of carbonyl (C=O) groups excluding carboxylic acids is 3. The number of aromatic nitrogens is 1. The lowest BCUT2D eigenvalue weighted by molar-refractivity contribution is -0.158. The summed E-state index contributed by atoms with van der Waals surface area (Å²) in [6.07, 6.45) is 5.02. The van der Waals surface area contributed by atoms with Gasteiger partial charge in [-0.1, -0.05) is 26.7 Å². The molecule has 9 nitrogen and oxygen atoms in total. The minimum atomic E-state index is -0.493. The first kappa shape index (κ1) is 24.4. The van der Waals surface area contributed by atoms with Gasteiger partial charge in [-0.15, -0.1) is 11.3 Å². The highest BCUT2D eigenvalue weighted by Crippen LogP contribution is 2.26. The number of unbranched alkanes of at least 4 members (excludes halogenated alkanes) is 1. The highest BCUT2D eigenvalue weighted by Gasteiger charge is 2.39. The molecule has 2 atom stereocenters. The number of likely N-dealkylation sites (tertiary alicyclic amines) is 1. The monoisotopic (exact) mass is 465 g/mol. The van der Waals surface area contributed by atoms with Crippen LogP contribution in [0, 0.1) is 5.92 Å². The molecule has 2 aliphatic rings. The van der Waals surface area contributed by atoms with E-state index in [1.165, 1.54) is 0 Å². The van der Waals surface area contributed by atoms with Crippen LogP contribution in [0.15, 0.2) is 5.38 Å². The van der Waals surface area contributed by atoms with Crippen LogP contribution < -0.4 is 4.90 Å². The zero-order valence-corrected chi connectivity index (χ0v) is 19.9. The molecule has 0 spiro atoms. The molecule has 178 valence electrons. The number of anilines is 1. The number of hydrogen-bond donors (Lipinski definition) is 1. The summed E-state index contributed by atoms with van der Waals surface area (Å²) in [6, 6.07) is -0.451. The lowest BCUT2D eigenvalue weighted by Crippen LogP contribution is -2.55. The molecule has 1 aromatic rings. The second-order valence-electron chi connectivity index (χ2n) is 8.54. The van der Waals surface area contributed by atoms with Crippen LogP contribution in [-0.2, 0) is 20.8 Å². The Morgan fingerprint density at radius 2 is 2.03 bits per heavy atom. The summed E-state index contributed by atoms with van der Waals surface area (Å²) in [4.78, 5) is 47.9. The third-order valence-electron chi connectivity index (χ3n) is 6.37. The van der Waals surface area contributed by atoms with Crippen LogP contribution >= 0.6 is 11.3 Å². The predicted octanol–water partition coefficient (Wildman–Crippen LogP) is 2.00. The van der Waals surface area contributed by atoms with Gasteiger partial charge in [0.2, 0.25) is 18.2 Å². The van der Waals surface area contributed by atoms with E-state index >= 15 is 0 Å². The number of piperazine rings is 1. The molecular weight excluding hydrogens is 430 g/mol. The van der Waals surface area contributed by atoms with Gasteiger partial charge in [0.15, 0.2) is 5.13 Å². The van der Waals surface area contributed by atoms with E-state index < -0.39 is 12.0 Å². The fourth-order valence-corrected chi connectivity index (χ4v) is 5.43. The molecule has 0 aromatic carbocycles. The number of amides is 3. The van der Waals surface area contributed by atoms with Crippen molar-refractivity contribution < 1.29 is 19.6 Å². The van der Waals surface area contributed by atoms with Gasteiger partial charge in [-0.3, -0.25) is 19.6 Å². The van der Waals surface area contributed by atoms with E-state index in [0.29, 0.717) is 43.9 Å². The summed E-state index contributed by atoms with van der Waals surface area (Å²) in [7, 11) is 0. The molecule has 2 aliphatic heterocycles. The van der Waals surface area contributed by atoms with Gasteiger partial charge >= 0.3 is 0 Å². The Morgan fingerprint density at radius 1 is 1.28 bits per heavy atom. The van der Waals surface area contributed by atoms with Crippen LogP contribution in [0.25, 0.3) is 0 Å². The zero-order chi connectivity index (χ0) is 23.1. The molecule has 32 heavy (non-hydrogen) atoms. The number of nitrogens with zero attached hydrogens (tertiary/aromatic N) is 5. The van der Waals surface area contributed by atoms with Crippen molar-refractivity contribution in [2.75, 3.05) is 44.2 Å². The van der Waals surface area contributed by atoms with E-state index in [9.17, 15) is 19.6 Å². The molecule has 2 fully saturated rings. The average Bonchev–Trinajstić information content (AvgIpc) is 3.50. The summed E-state index contributed by atoms with van der Waals surface area (Å²) in [5.74, 6) is -0.619. The van der Waals surface area contributed by atoms with E-state index in [4.69, 9.17) is 0 Å². The van der Waals surface area contributed by atoms with Crippen molar-refractivity contribution in [1.29, 1.82) is 0 Å². The number of carbonyl (C=O) groups is 3.